The molecule has 0 radical (unpaired) electrons. The Kier molecular flexibility index (Phi) is 6.79. The van der Waals surface area contributed by atoms with E-state index in [1.807, 2.05) is 32.6 Å². The minimum absolute atomic E-state index is 0.0715. The summed E-state index contributed by atoms with van der Waals surface area (Å²) < 4.78 is 4.95. The van der Waals surface area contributed by atoms with E-state index in [1.54, 1.807) is 0 Å². The van der Waals surface area contributed by atoms with Gasteiger partial charge >= 0.3 is 5.97 Å². The lowest BCUT2D eigenvalue weighted by atomic mass is 9.88. The van der Waals surface area contributed by atoms with E-state index in [0.29, 0.717) is 24.2 Å². The molecule has 0 aliphatic heterocycles. The number of hydrogen-bond acceptors (Lipinski definition) is 3. The van der Waals surface area contributed by atoms with Crippen molar-refractivity contribution in [2.45, 2.75) is 54.4 Å². The van der Waals surface area contributed by atoms with Crippen molar-refractivity contribution in [3.05, 3.63) is 33.4 Å². The first kappa shape index (κ1) is 19.2. The van der Waals surface area contributed by atoms with Crippen LogP contribution in [0.2, 0.25) is 0 Å². The van der Waals surface area contributed by atoms with Crippen molar-refractivity contribution >= 4 is 11.9 Å². The predicted molar refractivity (Wildman–Crippen MR) is 93.2 cm³/mol. The fourth-order valence-electron chi connectivity index (χ4n) is 2.95. The van der Waals surface area contributed by atoms with E-state index in [4.69, 9.17) is 4.74 Å². The van der Waals surface area contributed by atoms with Crippen LogP contribution in [0.5, 0.6) is 0 Å². The van der Waals surface area contributed by atoms with Gasteiger partial charge in [0.25, 0.3) is 5.91 Å². The van der Waals surface area contributed by atoms with Crippen molar-refractivity contribution in [1.82, 2.24) is 4.90 Å². The molecule has 0 aliphatic rings. The second kappa shape index (κ2) is 8.14. The maximum Gasteiger partial charge on any atom is 0.338 e. The molecule has 4 heteroatoms. The van der Waals surface area contributed by atoms with E-state index in [-0.39, 0.29) is 5.91 Å². The monoisotopic (exact) mass is 319 g/mol. The third kappa shape index (κ3) is 3.74. The third-order valence-electron chi connectivity index (χ3n) is 4.57. The largest absolute Gasteiger partial charge is 0.465 e. The van der Waals surface area contributed by atoms with Crippen LogP contribution in [-0.2, 0) is 4.74 Å². The van der Waals surface area contributed by atoms with Crippen LogP contribution in [0.4, 0.5) is 0 Å². The van der Waals surface area contributed by atoms with E-state index in [9.17, 15) is 9.59 Å². The Morgan fingerprint density at radius 3 is 1.65 bits per heavy atom. The van der Waals surface area contributed by atoms with Crippen LogP contribution in [0.1, 0.15) is 69.7 Å². The number of amides is 1. The molecule has 1 rings (SSSR count). The van der Waals surface area contributed by atoms with Gasteiger partial charge in [-0.1, -0.05) is 13.8 Å². The number of esters is 1. The molecule has 128 valence electrons. The lowest BCUT2D eigenvalue weighted by Gasteiger charge is -2.26. The number of hydrogen-bond donors (Lipinski definition) is 0. The topological polar surface area (TPSA) is 46.6 Å². The summed E-state index contributed by atoms with van der Waals surface area (Å²) in [5, 5.41) is 0. The second-order valence-electron chi connectivity index (χ2n) is 6.03. The zero-order valence-corrected chi connectivity index (χ0v) is 15.5. The highest BCUT2D eigenvalue weighted by molar-refractivity contribution is 6.07. The third-order valence-corrected chi connectivity index (χ3v) is 4.57. The fourth-order valence-corrected chi connectivity index (χ4v) is 2.95. The standard InChI is InChI=1S/C19H29NO3/c1-8-10-20(11-9-2)18(21)16-14(5)12(3)13(4)15(6)17(16)19(22)23-7/h8-11H2,1-7H3. The van der Waals surface area contributed by atoms with Gasteiger partial charge in [0.15, 0.2) is 0 Å². The lowest BCUT2D eigenvalue weighted by Crippen LogP contribution is -2.34. The molecule has 0 heterocycles. The van der Waals surface area contributed by atoms with E-state index in [1.165, 1.54) is 7.11 Å². The lowest BCUT2D eigenvalue weighted by molar-refractivity contribution is 0.0588. The average Bonchev–Trinajstić information content (AvgIpc) is 2.54. The molecule has 0 aromatic heterocycles. The summed E-state index contributed by atoms with van der Waals surface area (Å²) in [6.45, 7) is 13.3. The Balaban J connectivity index is 3.60. The summed E-state index contributed by atoms with van der Waals surface area (Å²) in [5.41, 5.74) is 4.71. The molecule has 0 fully saturated rings. The van der Waals surface area contributed by atoms with Crippen molar-refractivity contribution < 1.29 is 14.3 Å². The van der Waals surface area contributed by atoms with Gasteiger partial charge in [-0.2, -0.15) is 0 Å². The molecule has 1 amide bonds. The zero-order chi connectivity index (χ0) is 17.7. The first-order chi connectivity index (χ1) is 10.8. The van der Waals surface area contributed by atoms with Gasteiger partial charge in [-0.05, 0) is 62.8 Å². The minimum atomic E-state index is -0.440. The molecule has 0 saturated carbocycles. The molecule has 0 N–H and O–H groups in total. The van der Waals surface area contributed by atoms with E-state index in [2.05, 4.69) is 13.8 Å². The van der Waals surface area contributed by atoms with Gasteiger partial charge in [0, 0.05) is 13.1 Å². The number of nitrogens with zero attached hydrogens (tertiary/aromatic N) is 1. The highest BCUT2D eigenvalue weighted by atomic mass is 16.5. The molecule has 0 atom stereocenters. The zero-order valence-electron chi connectivity index (χ0n) is 15.5. The molecule has 0 aliphatic carbocycles. The molecule has 1 aromatic carbocycles. The predicted octanol–water partition coefficient (Wildman–Crippen LogP) is 3.97. The number of benzene rings is 1. The van der Waals surface area contributed by atoms with Crippen LogP contribution < -0.4 is 0 Å². The van der Waals surface area contributed by atoms with Crippen molar-refractivity contribution in [2.75, 3.05) is 20.2 Å². The maximum absolute atomic E-state index is 13.1. The molecule has 0 unspecified atom stereocenters. The summed E-state index contributed by atoms with van der Waals surface area (Å²) in [5.74, 6) is -0.511. The van der Waals surface area contributed by atoms with Crippen molar-refractivity contribution in [2.24, 2.45) is 0 Å². The van der Waals surface area contributed by atoms with Crippen LogP contribution in [0.3, 0.4) is 0 Å². The first-order valence-electron chi connectivity index (χ1n) is 8.29. The fraction of sp³-hybridized carbons (Fsp3) is 0.579. The second-order valence-corrected chi connectivity index (χ2v) is 6.03. The summed E-state index contributed by atoms with van der Waals surface area (Å²) >= 11 is 0. The summed E-state index contributed by atoms with van der Waals surface area (Å²) in [7, 11) is 1.36. The van der Waals surface area contributed by atoms with Crippen LogP contribution >= 0.6 is 0 Å². The minimum Gasteiger partial charge on any atom is -0.465 e. The SMILES string of the molecule is CCCN(CCC)C(=O)c1c(C)c(C)c(C)c(C)c1C(=O)OC. The van der Waals surface area contributed by atoms with Crippen molar-refractivity contribution in [3.63, 3.8) is 0 Å². The normalized spacial score (nSPS) is 10.6. The highest BCUT2D eigenvalue weighted by Gasteiger charge is 2.28. The van der Waals surface area contributed by atoms with Gasteiger partial charge in [-0.15, -0.1) is 0 Å². The molecule has 0 bridgehead atoms. The number of carbonyl (C=O) groups is 2. The Morgan fingerprint density at radius 1 is 0.826 bits per heavy atom. The molecular weight excluding hydrogens is 290 g/mol. The number of rotatable bonds is 6. The van der Waals surface area contributed by atoms with Gasteiger partial charge in [-0.3, -0.25) is 4.79 Å². The number of methoxy groups -OCH3 is 1. The molecule has 0 saturated heterocycles. The Labute approximate surface area is 139 Å². The van der Waals surface area contributed by atoms with Gasteiger partial charge in [0.2, 0.25) is 0 Å². The Hall–Kier alpha value is -1.84. The Morgan fingerprint density at radius 2 is 1.26 bits per heavy atom. The average molecular weight is 319 g/mol. The van der Waals surface area contributed by atoms with E-state index >= 15 is 0 Å². The first-order valence-corrected chi connectivity index (χ1v) is 8.29. The van der Waals surface area contributed by atoms with Gasteiger partial charge < -0.3 is 9.64 Å². The number of ether oxygens (including phenoxy) is 1. The summed E-state index contributed by atoms with van der Waals surface area (Å²) in [6, 6.07) is 0. The smallest absolute Gasteiger partial charge is 0.338 e. The van der Waals surface area contributed by atoms with Crippen molar-refractivity contribution in [3.8, 4) is 0 Å². The maximum atomic E-state index is 13.1. The number of carbonyl (C=O) groups excluding carboxylic acids is 2. The highest BCUT2D eigenvalue weighted by Crippen LogP contribution is 2.28. The van der Waals surface area contributed by atoms with Crippen LogP contribution in [0, 0.1) is 27.7 Å². The molecule has 1 aromatic rings. The van der Waals surface area contributed by atoms with E-state index in [0.717, 1.165) is 35.1 Å². The van der Waals surface area contributed by atoms with Gasteiger partial charge in [0.1, 0.15) is 0 Å². The quantitative estimate of drug-likeness (QED) is 0.745. The summed E-state index contributed by atoms with van der Waals surface area (Å²) in [4.78, 5) is 27.3. The molecule has 23 heavy (non-hydrogen) atoms. The van der Waals surface area contributed by atoms with Gasteiger partial charge in [0.05, 0.1) is 18.2 Å². The van der Waals surface area contributed by atoms with Crippen LogP contribution in [-0.4, -0.2) is 37.0 Å². The van der Waals surface area contributed by atoms with Crippen LogP contribution in [0.25, 0.3) is 0 Å². The molecular formula is C19H29NO3. The van der Waals surface area contributed by atoms with Crippen molar-refractivity contribution in [1.29, 1.82) is 0 Å². The summed E-state index contributed by atoms with van der Waals surface area (Å²) in [6.07, 6.45) is 1.78. The molecule has 0 spiro atoms. The van der Waals surface area contributed by atoms with E-state index < -0.39 is 5.97 Å². The van der Waals surface area contributed by atoms with Crippen LogP contribution in [0.15, 0.2) is 0 Å². The molecule has 4 nitrogen and oxygen atoms in total. The van der Waals surface area contributed by atoms with Gasteiger partial charge in [-0.25, -0.2) is 4.79 Å². The Bertz CT molecular complexity index is 599.